The van der Waals surface area contributed by atoms with Crippen molar-refractivity contribution in [2.24, 2.45) is 23.5 Å². The van der Waals surface area contributed by atoms with E-state index in [0.29, 0.717) is 18.3 Å². The highest BCUT2D eigenvalue weighted by Gasteiger charge is 2.42. The topological polar surface area (TPSA) is 64.9 Å². The van der Waals surface area contributed by atoms with Crippen LogP contribution >= 0.6 is 0 Å². The number of hydrogen-bond acceptors (Lipinski definition) is 4. The monoisotopic (exact) mass is 263 g/mol. The van der Waals surface area contributed by atoms with Gasteiger partial charge in [-0.2, -0.15) is 4.98 Å². The van der Waals surface area contributed by atoms with Gasteiger partial charge in [-0.25, -0.2) is 0 Å². The average molecular weight is 263 g/mol. The molecule has 0 aromatic carbocycles. The van der Waals surface area contributed by atoms with Crippen molar-refractivity contribution in [3.63, 3.8) is 0 Å². The Morgan fingerprint density at radius 1 is 1.32 bits per heavy atom. The number of nitrogens with two attached hydrogens (primary N) is 1. The third-order valence-electron chi connectivity index (χ3n) is 4.76. The molecule has 1 heterocycles. The smallest absolute Gasteiger partial charge is 0.228 e. The maximum atomic E-state index is 6.10. The number of hydrogen-bond donors (Lipinski definition) is 1. The lowest BCUT2D eigenvalue weighted by molar-refractivity contribution is 0.341. The van der Waals surface area contributed by atoms with Crippen LogP contribution in [0.5, 0.6) is 0 Å². The second-order valence-corrected chi connectivity index (χ2v) is 6.92. The summed E-state index contributed by atoms with van der Waals surface area (Å²) in [6.45, 7) is 4.38. The minimum Gasteiger partial charge on any atom is -0.339 e. The van der Waals surface area contributed by atoms with Gasteiger partial charge in [-0.05, 0) is 43.4 Å². The molecular formula is C15H25N3O. The minimum atomic E-state index is 0.133. The van der Waals surface area contributed by atoms with Crippen LogP contribution in [0.3, 0.4) is 0 Å². The molecule has 2 aliphatic rings. The Kier molecular flexibility index (Phi) is 3.61. The van der Waals surface area contributed by atoms with E-state index in [1.165, 1.54) is 25.7 Å². The van der Waals surface area contributed by atoms with Crippen molar-refractivity contribution in [3.8, 4) is 0 Å². The fourth-order valence-corrected chi connectivity index (χ4v) is 3.98. The van der Waals surface area contributed by atoms with Crippen LogP contribution in [0.25, 0.3) is 0 Å². The Morgan fingerprint density at radius 2 is 2.16 bits per heavy atom. The zero-order valence-corrected chi connectivity index (χ0v) is 12.0. The summed E-state index contributed by atoms with van der Waals surface area (Å²) >= 11 is 0. The quantitative estimate of drug-likeness (QED) is 0.887. The van der Waals surface area contributed by atoms with Gasteiger partial charge in [-0.3, -0.25) is 0 Å². The minimum absolute atomic E-state index is 0.133. The Labute approximate surface area is 115 Å². The van der Waals surface area contributed by atoms with E-state index in [2.05, 4.69) is 24.0 Å². The van der Waals surface area contributed by atoms with Gasteiger partial charge in [0.2, 0.25) is 5.89 Å². The Bertz CT molecular complexity index is 429. The fourth-order valence-electron chi connectivity index (χ4n) is 3.98. The molecule has 1 aromatic heterocycles. The third kappa shape index (κ3) is 2.83. The molecule has 2 aliphatic carbocycles. The highest BCUT2D eigenvalue weighted by molar-refractivity contribution is 5.06. The first-order valence-corrected chi connectivity index (χ1v) is 7.70. The van der Waals surface area contributed by atoms with Crippen LogP contribution in [-0.2, 0) is 6.42 Å². The van der Waals surface area contributed by atoms with Crippen LogP contribution < -0.4 is 5.73 Å². The molecule has 1 aromatic rings. The number of fused-ring (bicyclic) bond motifs is 2. The molecule has 19 heavy (non-hydrogen) atoms. The van der Waals surface area contributed by atoms with Gasteiger partial charge in [0.05, 0.1) is 0 Å². The highest BCUT2D eigenvalue weighted by atomic mass is 16.5. The average Bonchev–Trinajstić information content (AvgIpc) is 3.01. The van der Waals surface area contributed by atoms with E-state index in [1.54, 1.807) is 0 Å². The van der Waals surface area contributed by atoms with Crippen LogP contribution in [0.2, 0.25) is 0 Å². The van der Waals surface area contributed by atoms with Gasteiger partial charge in [0, 0.05) is 18.4 Å². The van der Waals surface area contributed by atoms with E-state index in [1.807, 2.05) is 0 Å². The molecule has 2 N–H and O–H groups in total. The van der Waals surface area contributed by atoms with Crippen LogP contribution in [-0.4, -0.2) is 16.2 Å². The Hall–Kier alpha value is -0.900. The number of aromatic nitrogens is 2. The van der Waals surface area contributed by atoms with Gasteiger partial charge in [0.25, 0.3) is 0 Å². The maximum Gasteiger partial charge on any atom is 0.228 e. The summed E-state index contributed by atoms with van der Waals surface area (Å²) in [7, 11) is 0. The predicted molar refractivity (Wildman–Crippen MR) is 73.6 cm³/mol. The van der Waals surface area contributed by atoms with E-state index in [9.17, 15) is 0 Å². The number of rotatable bonds is 5. The summed E-state index contributed by atoms with van der Waals surface area (Å²) < 4.78 is 5.40. The summed E-state index contributed by atoms with van der Waals surface area (Å²) in [5.41, 5.74) is 6.10. The molecule has 4 heteroatoms. The van der Waals surface area contributed by atoms with Crippen LogP contribution in [0.4, 0.5) is 0 Å². The molecule has 106 valence electrons. The van der Waals surface area contributed by atoms with E-state index in [4.69, 9.17) is 10.3 Å². The van der Waals surface area contributed by atoms with Gasteiger partial charge in [-0.1, -0.05) is 25.4 Å². The molecule has 2 bridgehead atoms. The highest BCUT2D eigenvalue weighted by Crippen LogP contribution is 2.52. The predicted octanol–water partition coefficient (Wildman–Crippen LogP) is 2.89. The van der Waals surface area contributed by atoms with Crippen molar-refractivity contribution in [2.75, 3.05) is 0 Å². The summed E-state index contributed by atoms with van der Waals surface area (Å²) in [6, 6.07) is 0.133. The first kappa shape index (κ1) is 13.1. The van der Waals surface area contributed by atoms with Crippen molar-refractivity contribution in [1.82, 2.24) is 10.1 Å². The molecule has 4 nitrogen and oxygen atoms in total. The SMILES string of the molecule is CC(C)CC(N)Cc1nc(C2CC3CCC2C3)no1. The van der Waals surface area contributed by atoms with Crippen molar-refractivity contribution < 1.29 is 4.52 Å². The van der Waals surface area contributed by atoms with E-state index in [0.717, 1.165) is 30.0 Å². The molecular weight excluding hydrogens is 238 g/mol. The molecule has 3 rings (SSSR count). The second kappa shape index (κ2) is 5.23. The Balaban J connectivity index is 1.60. The molecule has 4 atom stereocenters. The zero-order valence-electron chi connectivity index (χ0n) is 12.0. The second-order valence-electron chi connectivity index (χ2n) is 6.92. The lowest BCUT2D eigenvalue weighted by Crippen LogP contribution is -2.24. The van der Waals surface area contributed by atoms with Crippen LogP contribution in [0, 0.1) is 17.8 Å². The van der Waals surface area contributed by atoms with Crippen molar-refractivity contribution >= 4 is 0 Å². The van der Waals surface area contributed by atoms with Gasteiger partial charge in [0.15, 0.2) is 5.82 Å². The molecule has 0 radical (unpaired) electrons. The van der Waals surface area contributed by atoms with E-state index in [-0.39, 0.29) is 6.04 Å². The molecule has 0 spiro atoms. The zero-order chi connectivity index (χ0) is 13.4. The van der Waals surface area contributed by atoms with Gasteiger partial charge in [0.1, 0.15) is 0 Å². The number of nitrogens with zero attached hydrogens (tertiary/aromatic N) is 2. The largest absolute Gasteiger partial charge is 0.339 e. The normalized spacial score (nSPS) is 31.3. The van der Waals surface area contributed by atoms with Gasteiger partial charge in [-0.15, -0.1) is 0 Å². The Morgan fingerprint density at radius 3 is 2.79 bits per heavy atom. The van der Waals surface area contributed by atoms with Gasteiger partial charge < -0.3 is 10.3 Å². The molecule has 0 amide bonds. The van der Waals surface area contributed by atoms with E-state index >= 15 is 0 Å². The van der Waals surface area contributed by atoms with Crippen molar-refractivity contribution in [3.05, 3.63) is 11.7 Å². The fraction of sp³-hybridized carbons (Fsp3) is 0.867. The molecule has 0 aliphatic heterocycles. The molecule has 0 saturated heterocycles. The first-order valence-electron chi connectivity index (χ1n) is 7.70. The summed E-state index contributed by atoms with van der Waals surface area (Å²) in [4.78, 5) is 4.60. The summed E-state index contributed by atoms with van der Waals surface area (Å²) in [5, 5.41) is 4.21. The summed E-state index contributed by atoms with van der Waals surface area (Å²) in [6.07, 6.45) is 7.12. The molecule has 2 fully saturated rings. The van der Waals surface area contributed by atoms with E-state index < -0.39 is 0 Å². The molecule has 4 unspecified atom stereocenters. The van der Waals surface area contributed by atoms with Crippen LogP contribution in [0.15, 0.2) is 4.52 Å². The first-order chi connectivity index (χ1) is 9.11. The third-order valence-corrected chi connectivity index (χ3v) is 4.76. The standard InChI is InChI=1S/C15H25N3O/c1-9(2)5-12(16)8-14-17-15(18-19-14)13-7-10-3-4-11(13)6-10/h9-13H,3-8,16H2,1-2H3. The maximum absolute atomic E-state index is 6.10. The van der Waals surface area contributed by atoms with Gasteiger partial charge >= 0.3 is 0 Å². The van der Waals surface area contributed by atoms with Crippen molar-refractivity contribution in [2.45, 2.75) is 64.3 Å². The van der Waals surface area contributed by atoms with Crippen LogP contribution in [0.1, 0.15) is 63.6 Å². The molecule has 2 saturated carbocycles. The summed E-state index contributed by atoms with van der Waals surface area (Å²) in [5.74, 6) is 4.56. The lowest BCUT2D eigenvalue weighted by Gasteiger charge is -2.17. The lowest BCUT2D eigenvalue weighted by atomic mass is 9.88. The van der Waals surface area contributed by atoms with Crippen molar-refractivity contribution in [1.29, 1.82) is 0 Å².